The van der Waals surface area contributed by atoms with Gasteiger partial charge in [0.2, 0.25) is 0 Å². The maximum absolute atomic E-state index is 7.35. The van der Waals surface area contributed by atoms with Gasteiger partial charge in [0.25, 0.3) is 0 Å². The number of nitrogens with one attached hydrogen (secondary N) is 1. The largest absolute Gasteiger partial charge is 0.382 e. The summed E-state index contributed by atoms with van der Waals surface area (Å²) < 4.78 is 1.90. The predicted molar refractivity (Wildman–Crippen MR) is 61.8 cm³/mol. The Hall–Kier alpha value is -2.17. The molecule has 0 fully saturated rings. The molecule has 2 aromatic rings. The molecule has 2 heterocycles. The Morgan fingerprint density at radius 1 is 1.50 bits per heavy atom. The molecule has 0 amide bonds. The van der Waals surface area contributed by atoms with Gasteiger partial charge in [-0.15, -0.1) is 0 Å². The van der Waals surface area contributed by atoms with E-state index in [1.807, 2.05) is 29.8 Å². The minimum absolute atomic E-state index is 0.0278. The normalized spacial score (nSPS) is 10.3. The van der Waals surface area contributed by atoms with Crippen LogP contribution in [0.25, 0.3) is 5.82 Å². The van der Waals surface area contributed by atoms with Crippen molar-refractivity contribution in [2.45, 2.75) is 13.3 Å². The van der Waals surface area contributed by atoms with E-state index in [4.69, 9.17) is 11.1 Å². The van der Waals surface area contributed by atoms with Gasteiger partial charge in [-0.2, -0.15) is 0 Å². The van der Waals surface area contributed by atoms with Crippen LogP contribution in [0.3, 0.4) is 0 Å². The molecule has 2 aromatic heterocycles. The van der Waals surface area contributed by atoms with Gasteiger partial charge >= 0.3 is 0 Å². The van der Waals surface area contributed by atoms with Crippen LogP contribution in [0.1, 0.15) is 18.4 Å². The van der Waals surface area contributed by atoms with E-state index in [-0.39, 0.29) is 5.84 Å². The third-order valence-corrected chi connectivity index (χ3v) is 2.29. The summed E-state index contributed by atoms with van der Waals surface area (Å²) in [6.45, 7) is 2.04. The topological polar surface area (TPSA) is 80.6 Å². The Morgan fingerprint density at radius 3 is 3.00 bits per heavy atom. The first-order valence-electron chi connectivity index (χ1n) is 5.06. The fourth-order valence-corrected chi connectivity index (χ4v) is 1.51. The third kappa shape index (κ3) is 1.79. The van der Waals surface area contributed by atoms with Crippen molar-refractivity contribution in [3.63, 3.8) is 0 Å². The first-order chi connectivity index (χ1) is 7.72. The zero-order valence-corrected chi connectivity index (χ0v) is 9.01. The molecule has 5 nitrogen and oxygen atoms in total. The monoisotopic (exact) mass is 215 g/mol. The second-order valence-electron chi connectivity index (χ2n) is 3.36. The van der Waals surface area contributed by atoms with Crippen LogP contribution in [0.5, 0.6) is 0 Å². The van der Waals surface area contributed by atoms with Crippen molar-refractivity contribution in [3.05, 3.63) is 42.1 Å². The van der Waals surface area contributed by atoms with Crippen LogP contribution in [0, 0.1) is 5.41 Å². The summed E-state index contributed by atoms with van der Waals surface area (Å²) in [5, 5.41) is 7.35. The number of nitrogen functional groups attached to an aromatic ring is 1. The number of imidazole rings is 1. The predicted octanol–water partition coefficient (Wildman–Crippen LogP) is 1.11. The molecular weight excluding hydrogens is 202 g/mol. The molecule has 16 heavy (non-hydrogen) atoms. The molecule has 3 N–H and O–H groups in total. The molecule has 0 bridgehead atoms. The summed E-state index contributed by atoms with van der Waals surface area (Å²) in [4.78, 5) is 8.52. The van der Waals surface area contributed by atoms with Crippen molar-refractivity contribution in [1.82, 2.24) is 14.5 Å². The number of amidine groups is 1. The van der Waals surface area contributed by atoms with Gasteiger partial charge in [-0.25, -0.2) is 9.97 Å². The number of nitrogens with two attached hydrogens (primary N) is 1. The van der Waals surface area contributed by atoms with Gasteiger partial charge in [0, 0.05) is 18.8 Å². The zero-order valence-electron chi connectivity index (χ0n) is 9.01. The maximum atomic E-state index is 7.35. The van der Waals surface area contributed by atoms with E-state index in [2.05, 4.69) is 9.97 Å². The van der Waals surface area contributed by atoms with E-state index >= 15 is 0 Å². The van der Waals surface area contributed by atoms with Crippen molar-refractivity contribution in [1.29, 1.82) is 5.41 Å². The summed E-state index contributed by atoms with van der Waals surface area (Å²) in [7, 11) is 0. The van der Waals surface area contributed by atoms with Crippen molar-refractivity contribution in [2.75, 3.05) is 0 Å². The smallest absolute Gasteiger partial charge is 0.141 e. The van der Waals surface area contributed by atoms with E-state index in [1.165, 1.54) is 0 Å². The van der Waals surface area contributed by atoms with E-state index in [9.17, 15) is 0 Å². The summed E-state index contributed by atoms with van der Waals surface area (Å²) in [6, 6.07) is 5.42. The molecule has 0 radical (unpaired) electrons. The molecule has 5 heteroatoms. The summed E-state index contributed by atoms with van der Waals surface area (Å²) in [5.41, 5.74) is 5.88. The lowest BCUT2D eigenvalue weighted by atomic mass is 10.3. The highest BCUT2D eigenvalue weighted by molar-refractivity contribution is 5.93. The van der Waals surface area contributed by atoms with Gasteiger partial charge in [0.05, 0.1) is 0 Å². The Morgan fingerprint density at radius 2 is 2.31 bits per heavy atom. The van der Waals surface area contributed by atoms with Gasteiger partial charge in [-0.3, -0.25) is 9.98 Å². The molecule has 0 spiro atoms. The van der Waals surface area contributed by atoms with E-state index < -0.39 is 0 Å². The molecule has 82 valence electrons. The molecule has 0 atom stereocenters. The first kappa shape index (κ1) is 10.4. The molecule has 0 aromatic carbocycles. The second-order valence-corrected chi connectivity index (χ2v) is 3.36. The fourth-order valence-electron chi connectivity index (χ4n) is 1.51. The Labute approximate surface area is 93.5 Å². The first-order valence-corrected chi connectivity index (χ1v) is 5.06. The number of nitrogens with zero attached hydrogens (tertiary/aromatic N) is 3. The molecule has 2 rings (SSSR count). The molecule has 0 aliphatic heterocycles. The Kier molecular flexibility index (Phi) is 2.68. The quantitative estimate of drug-likeness (QED) is 0.594. The highest BCUT2D eigenvalue weighted by Gasteiger charge is 2.05. The highest BCUT2D eigenvalue weighted by atomic mass is 15.1. The van der Waals surface area contributed by atoms with Crippen LogP contribution < -0.4 is 5.73 Å². The summed E-state index contributed by atoms with van der Waals surface area (Å²) in [6.07, 6.45) is 4.42. The minimum Gasteiger partial charge on any atom is -0.382 e. The molecule has 0 saturated heterocycles. The standard InChI is InChI=1S/C11H13N5/c1-2-9-14-6-7-16(9)10-5-3-4-8(15-10)11(12)13/h3-7H,2H2,1H3,(H3,12,13). The lowest BCUT2D eigenvalue weighted by Gasteiger charge is -2.06. The second kappa shape index (κ2) is 4.14. The fraction of sp³-hybridized carbons (Fsp3) is 0.182. The number of aryl methyl sites for hydroxylation is 1. The van der Waals surface area contributed by atoms with Crippen LogP contribution in [0.2, 0.25) is 0 Å². The van der Waals surface area contributed by atoms with Crippen LogP contribution >= 0.6 is 0 Å². The average molecular weight is 215 g/mol. The average Bonchev–Trinajstić information content (AvgIpc) is 2.77. The molecule has 0 unspecified atom stereocenters. The zero-order chi connectivity index (χ0) is 11.5. The van der Waals surface area contributed by atoms with Crippen molar-refractivity contribution in [3.8, 4) is 5.82 Å². The number of pyridine rings is 1. The molecule has 0 saturated carbocycles. The van der Waals surface area contributed by atoms with Gasteiger partial charge in [0.1, 0.15) is 23.2 Å². The highest BCUT2D eigenvalue weighted by Crippen LogP contribution is 2.09. The number of hydrogen-bond acceptors (Lipinski definition) is 3. The van der Waals surface area contributed by atoms with Crippen LogP contribution in [0.15, 0.2) is 30.6 Å². The maximum Gasteiger partial charge on any atom is 0.141 e. The summed E-state index contributed by atoms with van der Waals surface area (Å²) >= 11 is 0. The molecule has 0 aliphatic rings. The Balaban J connectivity index is 2.48. The van der Waals surface area contributed by atoms with Gasteiger partial charge in [-0.05, 0) is 12.1 Å². The Bertz CT molecular complexity index is 515. The lowest BCUT2D eigenvalue weighted by Crippen LogP contribution is -2.14. The summed E-state index contributed by atoms with van der Waals surface area (Å²) in [5.74, 6) is 1.65. The number of rotatable bonds is 3. The lowest BCUT2D eigenvalue weighted by molar-refractivity contribution is 0.866. The van der Waals surface area contributed by atoms with E-state index in [0.717, 1.165) is 18.1 Å². The van der Waals surface area contributed by atoms with Crippen LogP contribution in [-0.2, 0) is 6.42 Å². The minimum atomic E-state index is -0.0278. The SMILES string of the molecule is CCc1nccn1-c1cccc(C(=N)N)n1. The van der Waals surface area contributed by atoms with Crippen molar-refractivity contribution < 1.29 is 0 Å². The van der Waals surface area contributed by atoms with E-state index in [0.29, 0.717) is 5.69 Å². The van der Waals surface area contributed by atoms with Gasteiger partial charge in [-0.1, -0.05) is 13.0 Å². The van der Waals surface area contributed by atoms with Gasteiger partial charge in [0.15, 0.2) is 0 Å². The van der Waals surface area contributed by atoms with Gasteiger partial charge < -0.3 is 5.73 Å². The molecule has 0 aliphatic carbocycles. The van der Waals surface area contributed by atoms with E-state index in [1.54, 1.807) is 12.3 Å². The van der Waals surface area contributed by atoms with Crippen molar-refractivity contribution >= 4 is 5.84 Å². The number of hydrogen-bond donors (Lipinski definition) is 2. The molecular formula is C11H13N5. The van der Waals surface area contributed by atoms with Crippen LogP contribution in [0.4, 0.5) is 0 Å². The van der Waals surface area contributed by atoms with Crippen LogP contribution in [-0.4, -0.2) is 20.4 Å². The van der Waals surface area contributed by atoms with Crippen molar-refractivity contribution in [2.24, 2.45) is 5.73 Å². The third-order valence-electron chi connectivity index (χ3n) is 2.29. The number of aromatic nitrogens is 3.